The average molecular weight is 148 g/mol. The number of hydrogen-bond acceptors (Lipinski definition) is 1. The predicted molar refractivity (Wildman–Crippen MR) is 44.8 cm³/mol. The van der Waals surface area contributed by atoms with Gasteiger partial charge in [-0.3, -0.25) is 0 Å². The van der Waals surface area contributed by atoms with E-state index in [1.807, 2.05) is 13.8 Å². The maximum atomic E-state index is 5.32. The van der Waals surface area contributed by atoms with E-state index in [2.05, 4.69) is 23.7 Å². The molecule has 0 bridgehead atoms. The summed E-state index contributed by atoms with van der Waals surface area (Å²) in [4.78, 5) is 0. The Morgan fingerprint density at radius 2 is 1.45 bits per heavy atom. The molecule has 0 aromatic rings. The van der Waals surface area contributed by atoms with Crippen LogP contribution in [-0.4, -0.2) is 12.2 Å². The third-order valence-corrected chi connectivity index (χ3v) is 1.65. The fourth-order valence-electron chi connectivity index (χ4n) is 0.944. The Morgan fingerprint density at radius 3 is 1.82 bits per heavy atom. The summed E-state index contributed by atoms with van der Waals surface area (Å²) in [6.45, 7) is 3.70. The molecule has 0 saturated carbocycles. The van der Waals surface area contributed by atoms with E-state index in [0.717, 1.165) is 12.8 Å². The van der Waals surface area contributed by atoms with Gasteiger partial charge in [-0.1, -0.05) is 0 Å². The highest BCUT2D eigenvalue weighted by molar-refractivity contribution is 5.07. The first-order chi connectivity index (χ1) is 5.38. The molecule has 1 heterocycles. The van der Waals surface area contributed by atoms with Crippen molar-refractivity contribution in [2.45, 2.75) is 38.9 Å². The Labute approximate surface area is 68.1 Å². The van der Waals surface area contributed by atoms with Crippen molar-refractivity contribution in [3.63, 3.8) is 0 Å². The Kier molecular flexibility index (Phi) is 3.02. The maximum absolute atomic E-state index is 5.32. The lowest BCUT2D eigenvalue weighted by Gasteiger charge is -1.80. The Morgan fingerprint density at radius 1 is 1.00 bits per heavy atom. The zero-order valence-corrected chi connectivity index (χ0v) is 6.98. The molecule has 1 saturated heterocycles. The first kappa shape index (κ1) is 8.18. The summed E-state index contributed by atoms with van der Waals surface area (Å²) in [6.07, 6.45) is 2.46. The van der Waals surface area contributed by atoms with Gasteiger partial charge in [-0.15, -0.1) is 23.7 Å². The van der Waals surface area contributed by atoms with Crippen molar-refractivity contribution >= 4 is 0 Å². The number of rotatable bonds is 2. The van der Waals surface area contributed by atoms with Crippen molar-refractivity contribution in [3.05, 3.63) is 0 Å². The highest BCUT2D eigenvalue weighted by Crippen LogP contribution is 2.27. The van der Waals surface area contributed by atoms with Crippen molar-refractivity contribution in [2.24, 2.45) is 0 Å². The molecular formula is C10H12O. The van der Waals surface area contributed by atoms with Crippen LogP contribution in [0.2, 0.25) is 0 Å². The van der Waals surface area contributed by atoms with Crippen LogP contribution in [0.1, 0.15) is 26.7 Å². The van der Waals surface area contributed by atoms with Crippen LogP contribution < -0.4 is 0 Å². The number of epoxide rings is 1. The van der Waals surface area contributed by atoms with Gasteiger partial charge in [-0.25, -0.2) is 0 Å². The lowest BCUT2D eigenvalue weighted by molar-refractivity contribution is 0.374. The topological polar surface area (TPSA) is 12.5 Å². The van der Waals surface area contributed by atoms with Gasteiger partial charge in [0.15, 0.2) is 0 Å². The van der Waals surface area contributed by atoms with Gasteiger partial charge in [0.2, 0.25) is 0 Å². The SMILES string of the molecule is CC#CC[C@@H]1O[C@H]1CC#CC. The minimum Gasteiger partial charge on any atom is -0.368 e. The molecule has 0 spiro atoms. The molecule has 1 heteroatoms. The van der Waals surface area contributed by atoms with Gasteiger partial charge in [0.05, 0.1) is 12.2 Å². The highest BCUT2D eigenvalue weighted by atomic mass is 16.6. The zero-order chi connectivity index (χ0) is 8.10. The minimum absolute atomic E-state index is 0.364. The van der Waals surface area contributed by atoms with Crippen LogP contribution in [0, 0.1) is 23.7 Å². The standard InChI is InChI=1S/C10H12O/c1-3-5-7-9-10(11-9)8-6-4-2/h9-10H,7-8H2,1-2H3/t9-,10-/m0/s1. The van der Waals surface area contributed by atoms with E-state index in [1.165, 1.54) is 0 Å². The first-order valence-electron chi connectivity index (χ1n) is 3.83. The van der Waals surface area contributed by atoms with Gasteiger partial charge >= 0.3 is 0 Å². The van der Waals surface area contributed by atoms with E-state index in [-0.39, 0.29) is 0 Å². The molecule has 0 aliphatic carbocycles. The summed E-state index contributed by atoms with van der Waals surface area (Å²) in [5.74, 6) is 11.7. The Balaban J connectivity index is 2.13. The summed E-state index contributed by atoms with van der Waals surface area (Å²) in [5, 5.41) is 0. The monoisotopic (exact) mass is 148 g/mol. The van der Waals surface area contributed by atoms with Gasteiger partial charge in [-0.05, 0) is 13.8 Å². The molecule has 2 atom stereocenters. The van der Waals surface area contributed by atoms with Crippen molar-refractivity contribution in [2.75, 3.05) is 0 Å². The first-order valence-corrected chi connectivity index (χ1v) is 3.83. The van der Waals surface area contributed by atoms with Crippen molar-refractivity contribution < 1.29 is 4.74 Å². The lowest BCUT2D eigenvalue weighted by Crippen LogP contribution is -1.90. The number of ether oxygens (including phenoxy) is 1. The molecule has 1 nitrogen and oxygen atoms in total. The normalized spacial score (nSPS) is 26.0. The lowest BCUT2D eigenvalue weighted by atomic mass is 10.2. The third-order valence-electron chi connectivity index (χ3n) is 1.65. The molecule has 1 aliphatic rings. The number of hydrogen-bond donors (Lipinski definition) is 0. The quantitative estimate of drug-likeness (QED) is 0.428. The van der Waals surface area contributed by atoms with Crippen LogP contribution in [0.3, 0.4) is 0 Å². The molecule has 1 aliphatic heterocycles. The van der Waals surface area contributed by atoms with Crippen LogP contribution in [0.5, 0.6) is 0 Å². The van der Waals surface area contributed by atoms with E-state index in [9.17, 15) is 0 Å². The Hall–Kier alpha value is -0.920. The summed E-state index contributed by atoms with van der Waals surface area (Å²) in [6, 6.07) is 0. The fraction of sp³-hybridized carbons (Fsp3) is 0.600. The molecule has 0 N–H and O–H groups in total. The maximum Gasteiger partial charge on any atom is 0.0960 e. The van der Waals surface area contributed by atoms with Crippen molar-refractivity contribution in [1.29, 1.82) is 0 Å². The molecule has 1 rings (SSSR count). The smallest absolute Gasteiger partial charge is 0.0960 e. The summed E-state index contributed by atoms with van der Waals surface area (Å²) in [5.41, 5.74) is 0. The molecule has 11 heavy (non-hydrogen) atoms. The minimum atomic E-state index is 0.364. The summed E-state index contributed by atoms with van der Waals surface area (Å²) < 4.78 is 5.32. The van der Waals surface area contributed by atoms with Crippen LogP contribution >= 0.6 is 0 Å². The van der Waals surface area contributed by atoms with Gasteiger partial charge in [-0.2, -0.15) is 0 Å². The van der Waals surface area contributed by atoms with Gasteiger partial charge < -0.3 is 4.74 Å². The molecule has 0 radical (unpaired) electrons. The van der Waals surface area contributed by atoms with E-state index >= 15 is 0 Å². The molecule has 58 valence electrons. The molecule has 1 fully saturated rings. The van der Waals surface area contributed by atoms with E-state index in [4.69, 9.17) is 4.74 Å². The van der Waals surface area contributed by atoms with Crippen LogP contribution in [-0.2, 0) is 4.74 Å². The third kappa shape index (κ3) is 2.66. The highest BCUT2D eigenvalue weighted by Gasteiger charge is 2.36. The molecule has 0 aromatic heterocycles. The van der Waals surface area contributed by atoms with Gasteiger partial charge in [0.25, 0.3) is 0 Å². The second-order valence-electron chi connectivity index (χ2n) is 2.47. The molecule has 0 amide bonds. The second kappa shape index (κ2) is 4.06. The van der Waals surface area contributed by atoms with E-state index in [0.29, 0.717) is 12.2 Å². The molecular weight excluding hydrogens is 136 g/mol. The molecule has 0 unspecified atom stereocenters. The van der Waals surface area contributed by atoms with Crippen molar-refractivity contribution in [1.82, 2.24) is 0 Å². The zero-order valence-electron chi connectivity index (χ0n) is 6.98. The summed E-state index contributed by atoms with van der Waals surface area (Å²) in [7, 11) is 0. The van der Waals surface area contributed by atoms with Crippen LogP contribution in [0.15, 0.2) is 0 Å². The van der Waals surface area contributed by atoms with Crippen molar-refractivity contribution in [3.8, 4) is 23.7 Å². The Bertz CT molecular complexity index is 207. The van der Waals surface area contributed by atoms with E-state index < -0.39 is 0 Å². The van der Waals surface area contributed by atoms with E-state index in [1.54, 1.807) is 0 Å². The van der Waals surface area contributed by atoms with Crippen LogP contribution in [0.4, 0.5) is 0 Å². The van der Waals surface area contributed by atoms with Gasteiger partial charge in [0, 0.05) is 12.8 Å². The second-order valence-corrected chi connectivity index (χ2v) is 2.47. The average Bonchev–Trinajstić information content (AvgIpc) is 2.76. The molecule has 0 aromatic carbocycles. The van der Waals surface area contributed by atoms with Crippen LogP contribution in [0.25, 0.3) is 0 Å². The fourth-order valence-corrected chi connectivity index (χ4v) is 0.944. The largest absolute Gasteiger partial charge is 0.368 e. The van der Waals surface area contributed by atoms with Gasteiger partial charge in [0.1, 0.15) is 0 Å². The summed E-state index contributed by atoms with van der Waals surface area (Å²) >= 11 is 0. The predicted octanol–water partition coefficient (Wildman–Crippen LogP) is 1.58.